The SMILES string of the molecule is C=CCCCCCC[Si](C)(C1C2CCCCC2C2CCCCC21)C1C2CCCCC2C2CCCCC21.C=CCCCCCC[Si](C)(C1C2CCCCC2C2CCCCC21)C1C2CCCCC2C2CCCCC21.CC(C)(C)C1CCC2C3CCC(C(C)(C)C)CC3C(CCC3C4CC(C(C)(C)C)CCC4C4CCC(C(C)(C)C)CC43)C2C1.[CH2-][Si](C)(C)C.[CH3-].[CH3-].[CH3-].[CH3-].[CH3-].[CH3-].[CH3-].[CH3-].[CH3-].[CH3-].[CH3-].[Zr+4].[Zr+4].[Zr+4]. The van der Waals surface area contributed by atoms with Gasteiger partial charge < -0.3 is 88.2 Å². The first-order valence-electron chi connectivity index (χ1n) is 56.9. The van der Waals surface area contributed by atoms with Crippen LogP contribution in [0.5, 0.6) is 0 Å². The summed E-state index contributed by atoms with van der Waals surface area (Å²) in [4.78, 5) is 0. The molecule has 0 heterocycles. The molecule has 18 aliphatic rings. The molecule has 0 aromatic heterocycles. The minimum atomic E-state index is -1.40. The van der Waals surface area contributed by atoms with Crippen molar-refractivity contribution in [2.45, 2.75) is 510 Å². The van der Waals surface area contributed by atoms with E-state index in [1.54, 1.807) is 295 Å². The molecule has 18 rings (SSSR count). The molecule has 0 spiro atoms. The summed E-state index contributed by atoms with van der Waals surface area (Å²) in [5, 5.41) is 0. The zero-order valence-corrected chi connectivity index (χ0v) is 107. The summed E-state index contributed by atoms with van der Waals surface area (Å²) < 4.78 is 0. The third-order valence-corrected chi connectivity index (χ3v) is 56.9. The van der Waals surface area contributed by atoms with Crippen LogP contribution in [0.4, 0.5) is 0 Å². The van der Waals surface area contributed by atoms with Crippen LogP contribution in [0.1, 0.15) is 443 Å². The number of hydrogen-bond donors (Lipinski definition) is 0. The van der Waals surface area contributed by atoms with Crippen LogP contribution in [0.15, 0.2) is 25.3 Å². The summed E-state index contributed by atoms with van der Waals surface area (Å²) in [6.07, 6.45) is 91.6. The van der Waals surface area contributed by atoms with Gasteiger partial charge in [-0.05, 0) is 388 Å². The van der Waals surface area contributed by atoms with Gasteiger partial charge in [-0.2, -0.15) is 0 Å². The van der Waals surface area contributed by atoms with E-state index in [-0.39, 0.29) is 160 Å². The molecule has 0 aromatic rings. The van der Waals surface area contributed by atoms with E-state index in [0.29, 0.717) is 21.7 Å². The number of allylic oxidation sites excluding steroid dienone is 2. The number of hydrogen-bond acceptors (Lipinski definition) is 0. The van der Waals surface area contributed by atoms with Gasteiger partial charge in [0, 0.05) is 0 Å². The summed E-state index contributed by atoms with van der Waals surface area (Å²) in [6, 6.07) is 3.44. The molecule has 0 N–H and O–H groups in total. The fourth-order valence-electron chi connectivity index (χ4n) is 39.9. The van der Waals surface area contributed by atoms with Crippen molar-refractivity contribution in [2.24, 2.45) is 199 Å². The first-order chi connectivity index (χ1) is 57.8. The molecule has 0 bridgehead atoms. The van der Waals surface area contributed by atoms with Gasteiger partial charge in [0.1, 0.15) is 0 Å². The molecule has 135 heavy (non-hydrogen) atoms. The molecule has 0 nitrogen and oxygen atoms in total. The van der Waals surface area contributed by atoms with Crippen LogP contribution in [-0.2, 0) is 78.6 Å². The van der Waals surface area contributed by atoms with E-state index in [1.165, 1.54) is 99.2 Å². The van der Waals surface area contributed by atoms with Gasteiger partial charge in [-0.3, -0.25) is 0 Å². The van der Waals surface area contributed by atoms with Crippen molar-refractivity contribution < 1.29 is 78.6 Å². The molecule has 0 radical (unpaired) electrons. The molecule has 0 amide bonds. The van der Waals surface area contributed by atoms with Crippen molar-refractivity contribution in [3.63, 3.8) is 0 Å². The van der Waals surface area contributed by atoms with Crippen LogP contribution in [0, 0.1) is 287 Å². The van der Waals surface area contributed by atoms with E-state index in [2.05, 4.69) is 148 Å². The molecule has 18 aliphatic carbocycles. The second kappa shape index (κ2) is 59.0. The standard InChI is InChI=1S/C44H78.2C35H60Si.C4H11Si.11CH3.3Zr/c1-41(2,3)27-13-17-31-32-18-14-28(42(4,5)6)24-38(32)35(37(31)23-27)21-22-36-39-25-29(43(7,8)9)15-19-33(39)34-20-16-30(26-40(34)36)44(10,11)12;2*1-3-4-5-6-7-16-25-36(2,34-30-21-12-8-17-26(30)27-18-9-13-22-31(27)34)35-32-23-14-10-19-28(32)29-20-11-15-24-33(29)35;1-5(2,3)4;;;;;;;;;;;;;;/h27-40H,13-26H2,1-12H3;2*3,26-35H,1,4-25H2,2H3;1H2,2-4H3;11*1H3;;;/q;;;12*-1;3*+4. The minimum Gasteiger partial charge on any atom is -0.358 e. The zero-order valence-electron chi connectivity index (χ0n) is 96.9. The van der Waals surface area contributed by atoms with Crippen molar-refractivity contribution in [1.29, 1.82) is 0 Å². The van der Waals surface area contributed by atoms with E-state index >= 15 is 0 Å². The number of rotatable bonds is 21. The normalized spacial score (nSPS) is 40.0. The minimum absolute atomic E-state index is 0. The van der Waals surface area contributed by atoms with Crippen molar-refractivity contribution >= 4 is 24.2 Å². The van der Waals surface area contributed by atoms with E-state index < -0.39 is 24.2 Å². The van der Waals surface area contributed by atoms with Gasteiger partial charge in [0.05, 0.1) is 16.1 Å². The second-order valence-electron chi connectivity index (χ2n) is 55.8. The molecule has 28 unspecified atom stereocenters. The molecule has 0 saturated heterocycles. The Bertz CT molecular complexity index is 2720. The Morgan fingerprint density at radius 3 is 0.526 bits per heavy atom. The first-order valence-corrected chi connectivity index (χ1v) is 66.3. The van der Waals surface area contributed by atoms with Crippen LogP contribution < -0.4 is 0 Å². The molecule has 0 aromatic carbocycles. The van der Waals surface area contributed by atoms with E-state index in [1.807, 2.05) is 0 Å². The van der Waals surface area contributed by atoms with Crippen LogP contribution in [0.25, 0.3) is 0 Å². The van der Waals surface area contributed by atoms with E-state index in [4.69, 9.17) is 0 Å². The maximum atomic E-state index is 3.98. The van der Waals surface area contributed by atoms with Crippen LogP contribution in [0.2, 0.25) is 67.0 Å². The smallest absolute Gasteiger partial charge is 0.358 e. The Labute approximate surface area is 916 Å². The molecular weight excluding hydrogens is 1910 g/mol. The molecule has 28 atom stereocenters. The van der Waals surface area contributed by atoms with Gasteiger partial charge in [0.15, 0.2) is 0 Å². The van der Waals surface area contributed by atoms with Crippen LogP contribution in [0.3, 0.4) is 0 Å². The largest absolute Gasteiger partial charge is 4.00 e. The first kappa shape index (κ1) is 136. The third kappa shape index (κ3) is 30.4. The molecule has 0 aliphatic heterocycles. The van der Waals surface area contributed by atoms with Gasteiger partial charge in [0.2, 0.25) is 0 Å². The average Bonchev–Trinajstić information content (AvgIpc) is 1.55. The number of unbranched alkanes of at least 4 members (excludes halogenated alkanes) is 8. The van der Waals surface area contributed by atoms with Crippen LogP contribution in [-0.4, -0.2) is 24.2 Å². The predicted molar refractivity (Wildman–Crippen MR) is 609 cm³/mol. The topological polar surface area (TPSA) is 0 Å². The molecule has 18 fully saturated rings. The Kier molecular flexibility index (Phi) is 59.3. The van der Waals surface area contributed by atoms with Crippen molar-refractivity contribution in [2.75, 3.05) is 0 Å². The maximum absolute atomic E-state index is 3.98. The summed E-state index contributed by atoms with van der Waals surface area (Å²) >= 11 is 0. The van der Waals surface area contributed by atoms with Gasteiger partial charge in [-0.25, -0.2) is 0 Å². The Morgan fingerprint density at radius 1 is 0.222 bits per heavy atom. The van der Waals surface area contributed by atoms with Crippen molar-refractivity contribution in [3.05, 3.63) is 114 Å². The van der Waals surface area contributed by atoms with Crippen molar-refractivity contribution in [1.82, 2.24) is 0 Å². The summed E-state index contributed by atoms with van der Waals surface area (Å²) in [7, 11) is -3.67. The molecule has 782 valence electrons. The average molecular weight is 2150 g/mol. The maximum Gasteiger partial charge on any atom is 4.00 e. The van der Waals surface area contributed by atoms with Gasteiger partial charge >= 0.3 is 78.6 Å². The summed E-state index contributed by atoms with van der Waals surface area (Å²) in [5.74, 6) is 32.8. The molecule has 6 heteroatoms. The quantitative estimate of drug-likeness (QED) is 0.0465. The Hall–Kier alpha value is 2.78. The molecular formula is C129H242Si3Zr3. The predicted octanol–water partition coefficient (Wildman–Crippen LogP) is 42.4. The van der Waals surface area contributed by atoms with Gasteiger partial charge in [-0.1, -0.05) is 333 Å². The number of fused-ring (bicyclic) bond motifs is 18. The van der Waals surface area contributed by atoms with Crippen LogP contribution >= 0.6 is 0 Å². The zero-order chi connectivity index (χ0) is 85.6. The monoisotopic (exact) mass is 2150 g/mol. The fourth-order valence-corrected chi connectivity index (χ4v) is 55.3. The molecule has 18 saturated carbocycles. The van der Waals surface area contributed by atoms with Gasteiger partial charge in [0.25, 0.3) is 0 Å². The summed E-state index contributed by atoms with van der Waals surface area (Å²) in [6.45, 7) is 55.5. The van der Waals surface area contributed by atoms with E-state index in [9.17, 15) is 0 Å². The Balaban J connectivity index is 0.000000943. The van der Waals surface area contributed by atoms with E-state index in [0.717, 1.165) is 178 Å². The van der Waals surface area contributed by atoms with Gasteiger partial charge in [-0.15, -0.1) is 21.2 Å². The summed E-state index contributed by atoms with van der Waals surface area (Å²) in [5.41, 5.74) is 6.80. The van der Waals surface area contributed by atoms with Crippen molar-refractivity contribution in [3.8, 4) is 0 Å². The second-order valence-corrected chi connectivity index (χ2v) is 70.6. The fraction of sp³-hybridized carbons (Fsp3) is 0.876. The third-order valence-electron chi connectivity index (χ3n) is 44.5. The Morgan fingerprint density at radius 2 is 0.370 bits per heavy atom.